The maximum absolute atomic E-state index is 11.2. The zero-order valence-electron chi connectivity index (χ0n) is 20.5. The van der Waals surface area contributed by atoms with E-state index in [-0.39, 0.29) is 12.6 Å². The van der Waals surface area contributed by atoms with E-state index in [0.29, 0.717) is 17.4 Å². The van der Waals surface area contributed by atoms with Crippen molar-refractivity contribution in [3.05, 3.63) is 84.6 Å². The fraction of sp³-hybridized carbons (Fsp3) is 0.379. The Labute approximate surface area is 211 Å². The second-order valence-corrected chi connectivity index (χ2v) is 9.46. The summed E-state index contributed by atoms with van der Waals surface area (Å²) in [6.45, 7) is 5.71. The Hall–Kier alpha value is -3.26. The van der Waals surface area contributed by atoms with Crippen LogP contribution in [0.25, 0.3) is 10.9 Å². The van der Waals surface area contributed by atoms with Crippen LogP contribution in [0.4, 0.5) is 0 Å². The maximum atomic E-state index is 11.2. The molecule has 3 aromatic rings. The van der Waals surface area contributed by atoms with Crippen LogP contribution >= 0.6 is 0 Å². The zero-order chi connectivity index (χ0) is 25.7. The third-order valence-corrected chi connectivity index (χ3v) is 7.50. The summed E-state index contributed by atoms with van der Waals surface area (Å²) in [5.74, 6) is 0.210. The molecule has 36 heavy (non-hydrogen) atoms. The first kappa shape index (κ1) is 25.8. The monoisotopic (exact) mass is 490 g/mol. The summed E-state index contributed by atoms with van der Waals surface area (Å²) >= 11 is 0. The summed E-state index contributed by atoms with van der Waals surface area (Å²) < 4.78 is 5.35. The van der Waals surface area contributed by atoms with Crippen LogP contribution in [-0.2, 0) is 4.79 Å². The summed E-state index contributed by atoms with van der Waals surface area (Å²) in [5, 5.41) is 29.6. The van der Waals surface area contributed by atoms with Crippen LogP contribution in [0.2, 0.25) is 0 Å². The van der Waals surface area contributed by atoms with Crippen molar-refractivity contribution in [3.8, 4) is 5.75 Å². The molecule has 6 atom stereocenters. The number of carboxylic acids is 1. The summed E-state index contributed by atoms with van der Waals surface area (Å²) in [4.78, 5) is 17.4. The van der Waals surface area contributed by atoms with Gasteiger partial charge in [0, 0.05) is 24.2 Å². The van der Waals surface area contributed by atoms with Gasteiger partial charge in [-0.05, 0) is 66.6 Å². The number of benzene rings is 2. The van der Waals surface area contributed by atoms with Crippen molar-refractivity contribution in [3.63, 3.8) is 0 Å². The highest BCUT2D eigenvalue weighted by atomic mass is 16.5. The van der Waals surface area contributed by atoms with E-state index in [1.54, 1.807) is 43.6 Å². The van der Waals surface area contributed by atoms with Crippen molar-refractivity contribution in [2.75, 3.05) is 26.8 Å². The molecule has 0 aliphatic carbocycles. The summed E-state index contributed by atoms with van der Waals surface area (Å²) in [5.41, 5.74) is 2.48. The van der Waals surface area contributed by atoms with Crippen molar-refractivity contribution >= 4 is 16.9 Å². The molecule has 7 heteroatoms. The molecule has 0 spiro atoms. The molecule has 2 bridgehead atoms. The predicted octanol–water partition coefficient (Wildman–Crippen LogP) is 4.02. The quantitative estimate of drug-likeness (QED) is 0.430. The van der Waals surface area contributed by atoms with E-state index in [4.69, 9.17) is 14.9 Å². The average Bonchev–Trinajstić information content (AvgIpc) is 2.93. The molecular weight excluding hydrogens is 456 g/mol. The van der Waals surface area contributed by atoms with Gasteiger partial charge in [-0.1, -0.05) is 36.4 Å². The Bertz CT molecular complexity index is 1180. The lowest BCUT2D eigenvalue weighted by atomic mass is 9.73. The van der Waals surface area contributed by atoms with Gasteiger partial charge in [-0.25, -0.2) is 0 Å². The lowest BCUT2D eigenvalue weighted by Crippen LogP contribution is -2.54. The van der Waals surface area contributed by atoms with E-state index in [1.807, 2.05) is 24.3 Å². The number of pyridine rings is 1. The van der Waals surface area contributed by atoms with Gasteiger partial charge in [-0.3, -0.25) is 14.7 Å². The Balaban J connectivity index is 0.000000214. The van der Waals surface area contributed by atoms with Gasteiger partial charge in [-0.2, -0.15) is 0 Å². The molecule has 3 aliphatic heterocycles. The standard InChI is InChI=1S/C20H24N2O2.C9H10O3/c1-3-13-12-22-9-7-14(13)10-19(22)20(23)16-6-8-21-18-5-4-15(24-2)11-17(16)18;10-6-8(9(11)12)7-4-2-1-3-5-7/h3-6,8,11,13-14,19-20,23H,1,7,9-10,12H2,2H3;1-5,8,10H,6H2,(H,11,12)/t13-,14?,19?,20-;8-/m10/s1. The first-order chi connectivity index (χ1) is 17.5. The fourth-order valence-corrected chi connectivity index (χ4v) is 5.46. The minimum Gasteiger partial charge on any atom is -0.497 e. The Morgan fingerprint density at radius 1 is 1.25 bits per heavy atom. The first-order valence-corrected chi connectivity index (χ1v) is 12.3. The fourth-order valence-electron chi connectivity index (χ4n) is 5.46. The van der Waals surface area contributed by atoms with Gasteiger partial charge in [-0.15, -0.1) is 6.58 Å². The number of piperidine rings is 3. The van der Waals surface area contributed by atoms with Crippen molar-refractivity contribution in [1.29, 1.82) is 0 Å². The normalized spacial score (nSPS) is 24.3. The highest BCUT2D eigenvalue weighted by Crippen LogP contribution is 2.42. The molecule has 0 amide bonds. The van der Waals surface area contributed by atoms with Crippen molar-refractivity contribution < 1.29 is 24.9 Å². The molecule has 3 N–H and O–H groups in total. The van der Waals surface area contributed by atoms with Crippen molar-refractivity contribution in [2.45, 2.75) is 30.9 Å². The molecule has 2 aromatic carbocycles. The van der Waals surface area contributed by atoms with Crippen LogP contribution in [0, 0.1) is 11.8 Å². The number of fused-ring (bicyclic) bond motifs is 4. The lowest BCUT2D eigenvalue weighted by Gasteiger charge is -2.50. The molecule has 1 aromatic heterocycles. The third kappa shape index (κ3) is 5.43. The number of carboxylic acid groups (broad SMARTS) is 1. The molecule has 6 rings (SSSR count). The van der Waals surface area contributed by atoms with E-state index in [0.717, 1.165) is 41.7 Å². The molecule has 3 saturated heterocycles. The largest absolute Gasteiger partial charge is 0.497 e. The molecule has 4 heterocycles. The van der Waals surface area contributed by atoms with Gasteiger partial charge in [0.25, 0.3) is 0 Å². The minimum atomic E-state index is -0.997. The van der Waals surface area contributed by atoms with E-state index in [2.05, 4.69) is 22.5 Å². The molecule has 3 unspecified atom stereocenters. The van der Waals surface area contributed by atoms with Crippen LogP contribution < -0.4 is 4.74 Å². The summed E-state index contributed by atoms with van der Waals surface area (Å²) in [6.07, 6.45) is 5.62. The summed E-state index contributed by atoms with van der Waals surface area (Å²) in [7, 11) is 1.66. The van der Waals surface area contributed by atoms with Crippen molar-refractivity contribution in [1.82, 2.24) is 9.88 Å². The number of carbonyl (C=O) groups is 1. The highest BCUT2D eigenvalue weighted by Gasteiger charge is 2.42. The van der Waals surface area contributed by atoms with Gasteiger partial charge in [0.05, 0.1) is 25.3 Å². The lowest BCUT2D eigenvalue weighted by molar-refractivity contribution is -0.139. The topological polar surface area (TPSA) is 103 Å². The van der Waals surface area contributed by atoms with E-state index >= 15 is 0 Å². The van der Waals surface area contributed by atoms with Gasteiger partial charge >= 0.3 is 5.97 Å². The zero-order valence-corrected chi connectivity index (χ0v) is 20.5. The number of aliphatic carboxylic acids is 1. The minimum absolute atomic E-state index is 0.178. The Kier molecular flexibility index (Phi) is 8.36. The number of aromatic nitrogens is 1. The maximum Gasteiger partial charge on any atom is 0.313 e. The van der Waals surface area contributed by atoms with Gasteiger partial charge in [0.2, 0.25) is 0 Å². The number of methoxy groups -OCH3 is 1. The number of rotatable bonds is 7. The Morgan fingerprint density at radius 2 is 2.03 bits per heavy atom. The SMILES string of the molecule is C=C[C@@H]1CN2CCC1CC2[C@H](O)c1ccnc2ccc(OC)cc12.O=C(O)[C@@H](CO)c1ccccc1. The molecule has 3 fully saturated rings. The first-order valence-electron chi connectivity index (χ1n) is 12.3. The van der Waals surface area contributed by atoms with Crippen LogP contribution in [0.15, 0.2) is 73.4 Å². The van der Waals surface area contributed by atoms with Crippen LogP contribution in [0.3, 0.4) is 0 Å². The number of hydrogen-bond donors (Lipinski definition) is 3. The van der Waals surface area contributed by atoms with Crippen molar-refractivity contribution in [2.24, 2.45) is 11.8 Å². The number of nitrogens with zero attached hydrogens (tertiary/aromatic N) is 2. The van der Waals surface area contributed by atoms with Gasteiger partial charge in [0.1, 0.15) is 11.7 Å². The number of hydrogen-bond acceptors (Lipinski definition) is 6. The molecule has 0 saturated carbocycles. The molecule has 190 valence electrons. The predicted molar refractivity (Wildman–Crippen MR) is 139 cm³/mol. The summed E-state index contributed by atoms with van der Waals surface area (Å²) in [6, 6.07) is 16.6. The molecule has 0 radical (unpaired) electrons. The van der Waals surface area contributed by atoms with Crippen LogP contribution in [0.5, 0.6) is 5.75 Å². The smallest absolute Gasteiger partial charge is 0.313 e. The van der Waals surface area contributed by atoms with Gasteiger partial charge in [0.15, 0.2) is 0 Å². The van der Waals surface area contributed by atoms with Crippen LogP contribution in [-0.4, -0.2) is 64.0 Å². The second-order valence-electron chi connectivity index (χ2n) is 9.46. The van der Waals surface area contributed by atoms with Gasteiger partial charge < -0.3 is 20.1 Å². The van der Waals surface area contributed by atoms with E-state index in [9.17, 15) is 9.90 Å². The Morgan fingerprint density at radius 3 is 2.64 bits per heavy atom. The molecule has 3 aliphatic rings. The number of ether oxygens (including phenoxy) is 1. The average molecular weight is 491 g/mol. The third-order valence-electron chi connectivity index (χ3n) is 7.50. The van der Waals surface area contributed by atoms with E-state index < -0.39 is 18.0 Å². The van der Waals surface area contributed by atoms with E-state index in [1.165, 1.54) is 6.42 Å². The van der Waals surface area contributed by atoms with Crippen LogP contribution in [0.1, 0.15) is 36.0 Å². The second kappa shape index (κ2) is 11.6. The number of aliphatic hydroxyl groups excluding tert-OH is 2. The highest BCUT2D eigenvalue weighted by molar-refractivity contribution is 5.84. The molecular formula is C29H34N2O5. The molecule has 7 nitrogen and oxygen atoms in total. The number of aliphatic hydroxyl groups is 2.